The van der Waals surface area contributed by atoms with Crippen LogP contribution in [0, 0.1) is 17.1 Å². The topological polar surface area (TPSA) is 78.0 Å². The molecule has 0 amide bonds. The second-order valence-corrected chi connectivity index (χ2v) is 6.94. The van der Waals surface area contributed by atoms with Gasteiger partial charge in [0.15, 0.2) is 0 Å². The minimum absolute atomic E-state index is 0.176. The van der Waals surface area contributed by atoms with Gasteiger partial charge in [0.25, 0.3) is 0 Å². The first-order chi connectivity index (χ1) is 11.9. The maximum absolute atomic E-state index is 13.5. The predicted molar refractivity (Wildman–Crippen MR) is 89.9 cm³/mol. The van der Waals surface area contributed by atoms with Crippen LogP contribution in [0.2, 0.25) is 0 Å². The number of benzene rings is 1. The lowest BCUT2D eigenvalue weighted by molar-refractivity contribution is -0.0414. The largest absolute Gasteiger partial charge is 0.382 e. The maximum Gasteiger partial charge on any atom is 0.123 e. The molecule has 0 aliphatic carbocycles. The van der Waals surface area contributed by atoms with Crippen molar-refractivity contribution in [1.29, 1.82) is 5.26 Å². The van der Waals surface area contributed by atoms with Crippen LogP contribution in [-0.4, -0.2) is 38.1 Å². The molecule has 1 saturated heterocycles. The van der Waals surface area contributed by atoms with E-state index in [4.69, 9.17) is 0 Å². The van der Waals surface area contributed by atoms with Crippen LogP contribution >= 0.6 is 0 Å². The van der Waals surface area contributed by atoms with Gasteiger partial charge in [0.05, 0.1) is 17.8 Å². The number of piperidine rings is 1. The number of hydrogen-bond donors (Lipinski definition) is 1. The molecule has 0 radical (unpaired) electrons. The van der Waals surface area contributed by atoms with E-state index in [9.17, 15) is 14.8 Å². The molecule has 1 N–H and O–H groups in total. The van der Waals surface area contributed by atoms with E-state index < -0.39 is 5.60 Å². The van der Waals surface area contributed by atoms with Crippen molar-refractivity contribution in [1.82, 2.24) is 19.9 Å². The van der Waals surface area contributed by atoms with Gasteiger partial charge in [-0.2, -0.15) is 5.26 Å². The third-order valence-corrected chi connectivity index (χ3v) is 4.65. The lowest BCUT2D eigenvalue weighted by Gasteiger charge is -2.38. The second kappa shape index (κ2) is 6.90. The Kier molecular flexibility index (Phi) is 4.84. The van der Waals surface area contributed by atoms with E-state index in [1.54, 1.807) is 10.9 Å². The molecule has 2 heterocycles. The molecular formula is C18H22FN5O. The molecule has 1 aliphatic heterocycles. The number of nitriles is 1. The van der Waals surface area contributed by atoms with Gasteiger partial charge in [-0.25, -0.2) is 9.07 Å². The Morgan fingerprint density at radius 2 is 2.24 bits per heavy atom. The van der Waals surface area contributed by atoms with Crippen molar-refractivity contribution in [2.75, 3.05) is 13.1 Å². The fraction of sp³-hybridized carbons (Fsp3) is 0.500. The van der Waals surface area contributed by atoms with E-state index in [1.165, 1.54) is 18.2 Å². The highest BCUT2D eigenvalue weighted by atomic mass is 19.1. The minimum atomic E-state index is -1.08. The van der Waals surface area contributed by atoms with Gasteiger partial charge >= 0.3 is 0 Å². The van der Waals surface area contributed by atoms with Gasteiger partial charge in [-0.05, 0) is 57.0 Å². The summed E-state index contributed by atoms with van der Waals surface area (Å²) in [5.41, 5.74) is 0.579. The monoisotopic (exact) mass is 343 g/mol. The normalized spacial score (nSPS) is 21.4. The van der Waals surface area contributed by atoms with Gasteiger partial charge in [0.2, 0.25) is 0 Å². The molecule has 0 unspecified atom stereocenters. The van der Waals surface area contributed by atoms with E-state index in [-0.39, 0.29) is 11.9 Å². The van der Waals surface area contributed by atoms with Gasteiger partial charge in [-0.1, -0.05) is 5.21 Å². The summed E-state index contributed by atoms with van der Waals surface area (Å²) < 4.78 is 15.3. The molecule has 1 aliphatic rings. The fourth-order valence-electron chi connectivity index (χ4n) is 3.25. The van der Waals surface area contributed by atoms with E-state index in [1.807, 2.05) is 18.7 Å². The van der Waals surface area contributed by atoms with Gasteiger partial charge in [0.1, 0.15) is 17.1 Å². The highest BCUT2D eigenvalue weighted by molar-refractivity contribution is 5.37. The first-order valence-corrected chi connectivity index (χ1v) is 8.47. The molecule has 3 rings (SSSR count). The van der Waals surface area contributed by atoms with Crippen molar-refractivity contribution in [2.24, 2.45) is 0 Å². The minimum Gasteiger partial charge on any atom is -0.382 e. The lowest BCUT2D eigenvalue weighted by Crippen LogP contribution is -2.46. The van der Waals surface area contributed by atoms with Gasteiger partial charge in [0, 0.05) is 19.1 Å². The fourth-order valence-corrected chi connectivity index (χ4v) is 3.25. The van der Waals surface area contributed by atoms with Gasteiger partial charge in [-0.15, -0.1) is 5.10 Å². The molecule has 132 valence electrons. The van der Waals surface area contributed by atoms with Crippen molar-refractivity contribution >= 4 is 0 Å². The zero-order valence-electron chi connectivity index (χ0n) is 14.5. The molecule has 1 aromatic carbocycles. The number of likely N-dealkylation sites (tertiary alicyclic amines) is 1. The summed E-state index contributed by atoms with van der Waals surface area (Å²) in [4.78, 5) is 2.04. The number of aliphatic hydroxyl groups is 1. The van der Waals surface area contributed by atoms with Crippen LogP contribution in [0.4, 0.5) is 4.39 Å². The standard InChI is InChI=1S/C18H22FN5O/c1-13(2)24-11-17(21-22-24)18(25)6-3-7-23(12-18)10-15-8-16(19)5-4-14(15)9-20/h4-5,8,11,13,25H,3,6-7,10,12H2,1-2H3/t18-/m0/s1. The average molecular weight is 343 g/mol. The summed E-state index contributed by atoms with van der Waals surface area (Å²) >= 11 is 0. The summed E-state index contributed by atoms with van der Waals surface area (Å²) in [6.45, 7) is 5.58. The number of halogens is 1. The van der Waals surface area contributed by atoms with Crippen LogP contribution in [0.5, 0.6) is 0 Å². The number of nitrogens with zero attached hydrogens (tertiary/aromatic N) is 5. The molecule has 2 aromatic rings. The molecule has 1 aromatic heterocycles. The van der Waals surface area contributed by atoms with E-state index in [0.717, 1.165) is 13.0 Å². The maximum atomic E-state index is 13.5. The molecule has 0 bridgehead atoms. The molecular weight excluding hydrogens is 321 g/mol. The number of aromatic nitrogens is 3. The first kappa shape index (κ1) is 17.5. The highest BCUT2D eigenvalue weighted by Gasteiger charge is 2.37. The van der Waals surface area contributed by atoms with Crippen molar-refractivity contribution in [3.8, 4) is 6.07 Å². The van der Waals surface area contributed by atoms with E-state index in [2.05, 4.69) is 16.4 Å². The molecule has 0 saturated carbocycles. The SMILES string of the molecule is CC(C)n1cc([C@]2(O)CCCN(Cc3cc(F)ccc3C#N)C2)nn1. The molecule has 1 atom stereocenters. The third-order valence-electron chi connectivity index (χ3n) is 4.65. The Morgan fingerprint density at radius 3 is 2.92 bits per heavy atom. The van der Waals surface area contributed by atoms with Crippen molar-refractivity contribution in [3.05, 3.63) is 47.0 Å². The summed E-state index contributed by atoms with van der Waals surface area (Å²) in [5.74, 6) is -0.360. The van der Waals surface area contributed by atoms with E-state index >= 15 is 0 Å². The van der Waals surface area contributed by atoms with Gasteiger partial charge < -0.3 is 5.11 Å². The Balaban J connectivity index is 1.79. The smallest absolute Gasteiger partial charge is 0.123 e. The Morgan fingerprint density at radius 1 is 1.44 bits per heavy atom. The molecule has 1 fully saturated rings. The van der Waals surface area contributed by atoms with Crippen LogP contribution in [-0.2, 0) is 12.1 Å². The molecule has 0 spiro atoms. The van der Waals surface area contributed by atoms with Crippen LogP contribution < -0.4 is 0 Å². The molecule has 7 heteroatoms. The first-order valence-electron chi connectivity index (χ1n) is 8.47. The van der Waals surface area contributed by atoms with Crippen molar-refractivity contribution in [2.45, 2.75) is 44.9 Å². The van der Waals surface area contributed by atoms with Crippen LogP contribution in [0.1, 0.15) is 49.6 Å². The molecule has 25 heavy (non-hydrogen) atoms. The number of hydrogen-bond acceptors (Lipinski definition) is 5. The zero-order chi connectivity index (χ0) is 18.0. The molecule has 6 nitrogen and oxygen atoms in total. The van der Waals surface area contributed by atoms with E-state index in [0.29, 0.717) is 36.3 Å². The predicted octanol–water partition coefficient (Wildman–Crippen LogP) is 2.35. The van der Waals surface area contributed by atoms with Crippen LogP contribution in [0.15, 0.2) is 24.4 Å². The zero-order valence-corrected chi connectivity index (χ0v) is 14.5. The van der Waals surface area contributed by atoms with Crippen molar-refractivity contribution < 1.29 is 9.50 Å². The number of β-amino-alcohol motifs (C(OH)–C–C–N with tert-alkyl or cyclic N) is 1. The third kappa shape index (κ3) is 3.70. The summed E-state index contributed by atoms with van der Waals surface area (Å²) in [5, 5.41) is 28.5. The Hall–Kier alpha value is -2.30. The van der Waals surface area contributed by atoms with Crippen molar-refractivity contribution in [3.63, 3.8) is 0 Å². The average Bonchev–Trinajstić information content (AvgIpc) is 3.06. The highest BCUT2D eigenvalue weighted by Crippen LogP contribution is 2.31. The summed E-state index contributed by atoms with van der Waals surface area (Å²) in [6.07, 6.45) is 3.19. The van der Waals surface area contributed by atoms with Crippen LogP contribution in [0.25, 0.3) is 0 Å². The summed E-state index contributed by atoms with van der Waals surface area (Å²) in [7, 11) is 0. The number of rotatable bonds is 4. The van der Waals surface area contributed by atoms with Gasteiger partial charge in [-0.3, -0.25) is 4.90 Å². The summed E-state index contributed by atoms with van der Waals surface area (Å²) in [6, 6.07) is 6.45. The lowest BCUT2D eigenvalue weighted by atomic mass is 9.89. The Bertz CT molecular complexity index is 797. The quantitative estimate of drug-likeness (QED) is 0.922. The van der Waals surface area contributed by atoms with Crippen LogP contribution in [0.3, 0.4) is 0 Å². The second-order valence-electron chi connectivity index (χ2n) is 6.94. The Labute approximate surface area is 146 Å².